The second-order valence-electron chi connectivity index (χ2n) is 1.53. The van der Waals surface area contributed by atoms with E-state index >= 15 is 0 Å². The van der Waals surface area contributed by atoms with Crippen LogP contribution in [0.15, 0.2) is 5.11 Å². The van der Waals surface area contributed by atoms with E-state index in [1.165, 1.54) is 0 Å². The van der Waals surface area contributed by atoms with Gasteiger partial charge in [-0.1, -0.05) is 10.3 Å². The van der Waals surface area contributed by atoms with Gasteiger partial charge in [0.15, 0.2) is 5.82 Å². The number of H-pyrrole nitrogens is 1. The van der Waals surface area contributed by atoms with Crippen molar-refractivity contribution in [3.8, 4) is 0 Å². The molecule has 0 atom stereocenters. The van der Waals surface area contributed by atoms with Gasteiger partial charge in [-0.25, -0.2) is 0 Å². The number of nitrogens with one attached hydrogen (secondary N) is 1. The number of nitrogens with zero attached hydrogens (tertiary/aromatic N) is 6. The summed E-state index contributed by atoms with van der Waals surface area (Å²) in [5, 5.41) is 16.2. The molecule has 52 valence electrons. The normalized spacial score (nSPS) is 8.80. The van der Waals surface area contributed by atoms with E-state index < -0.39 is 0 Å². The van der Waals surface area contributed by atoms with Crippen LogP contribution in [0.1, 0.15) is 5.82 Å². The smallest absolute Gasteiger partial charge is 0.174 e. The lowest BCUT2D eigenvalue weighted by atomic mass is 10.4. The van der Waals surface area contributed by atoms with Crippen molar-refractivity contribution >= 4 is 0 Å². The van der Waals surface area contributed by atoms with Gasteiger partial charge in [-0.05, 0) is 5.53 Å². The third-order valence-electron chi connectivity index (χ3n) is 0.888. The van der Waals surface area contributed by atoms with Gasteiger partial charge in [-0.2, -0.15) is 5.21 Å². The van der Waals surface area contributed by atoms with E-state index in [4.69, 9.17) is 5.53 Å². The van der Waals surface area contributed by atoms with Crippen molar-refractivity contribution in [2.45, 2.75) is 6.42 Å². The number of azide groups is 1. The summed E-state index contributed by atoms with van der Waals surface area (Å²) >= 11 is 0. The fourth-order valence-corrected chi connectivity index (χ4v) is 0.483. The molecule has 0 fully saturated rings. The van der Waals surface area contributed by atoms with Crippen molar-refractivity contribution in [3.63, 3.8) is 0 Å². The van der Waals surface area contributed by atoms with Gasteiger partial charge in [0.05, 0.1) is 0 Å². The fraction of sp³-hybridized carbons (Fsp3) is 0.667. The highest BCUT2D eigenvalue weighted by Gasteiger charge is 1.93. The average Bonchev–Trinajstić information content (AvgIpc) is 2.41. The molecule has 1 heterocycles. The molecule has 1 N–H and O–H groups in total. The van der Waals surface area contributed by atoms with Gasteiger partial charge in [0, 0.05) is 17.9 Å². The number of tetrazole rings is 1. The lowest BCUT2D eigenvalue weighted by Gasteiger charge is -1.81. The Labute approximate surface area is 56.1 Å². The molecule has 1 rings (SSSR count). The van der Waals surface area contributed by atoms with Crippen LogP contribution in [0.3, 0.4) is 0 Å². The number of aromatic nitrogens is 4. The minimum atomic E-state index is 0.371. The number of hydrogen-bond acceptors (Lipinski definition) is 4. The van der Waals surface area contributed by atoms with Gasteiger partial charge in [0.25, 0.3) is 0 Å². The van der Waals surface area contributed by atoms with Crippen molar-refractivity contribution in [2.24, 2.45) is 5.11 Å². The van der Waals surface area contributed by atoms with Crippen LogP contribution in [0.5, 0.6) is 0 Å². The van der Waals surface area contributed by atoms with Gasteiger partial charge in [0.1, 0.15) is 0 Å². The predicted octanol–water partition coefficient (Wildman–Crippen LogP) is 0.0525. The third kappa shape index (κ3) is 1.71. The first kappa shape index (κ1) is 6.50. The lowest BCUT2D eigenvalue weighted by molar-refractivity contribution is 0.868. The van der Waals surface area contributed by atoms with Gasteiger partial charge < -0.3 is 0 Å². The molecule has 1 aromatic rings. The van der Waals surface area contributed by atoms with E-state index in [1.807, 2.05) is 0 Å². The molecule has 1 aromatic heterocycles. The zero-order valence-electron chi connectivity index (χ0n) is 5.10. The maximum atomic E-state index is 7.89. The molecular formula is C3H5N7. The van der Waals surface area contributed by atoms with Crippen LogP contribution in [-0.4, -0.2) is 27.2 Å². The highest BCUT2D eigenvalue weighted by atomic mass is 15.5. The molecule has 0 aliphatic heterocycles. The molecule has 7 nitrogen and oxygen atoms in total. The molecule has 0 amide bonds. The molecule has 10 heavy (non-hydrogen) atoms. The molecule has 0 radical (unpaired) electrons. The quantitative estimate of drug-likeness (QED) is 0.363. The molecule has 0 unspecified atom stereocenters. The first-order valence-electron chi connectivity index (χ1n) is 2.66. The zero-order chi connectivity index (χ0) is 7.23. The molecule has 0 spiro atoms. The van der Waals surface area contributed by atoms with Crippen molar-refractivity contribution < 1.29 is 0 Å². The summed E-state index contributed by atoms with van der Waals surface area (Å²) < 4.78 is 0. The van der Waals surface area contributed by atoms with Crippen LogP contribution >= 0.6 is 0 Å². The summed E-state index contributed by atoms with van der Waals surface area (Å²) in [7, 11) is 0. The van der Waals surface area contributed by atoms with Crippen LogP contribution in [-0.2, 0) is 6.42 Å². The van der Waals surface area contributed by atoms with Gasteiger partial charge in [0.2, 0.25) is 0 Å². The minimum absolute atomic E-state index is 0.371. The van der Waals surface area contributed by atoms with Crippen LogP contribution in [0.2, 0.25) is 0 Å². The largest absolute Gasteiger partial charge is 0.177 e. The third-order valence-corrected chi connectivity index (χ3v) is 0.888. The van der Waals surface area contributed by atoms with Crippen LogP contribution < -0.4 is 0 Å². The van der Waals surface area contributed by atoms with E-state index in [9.17, 15) is 0 Å². The monoisotopic (exact) mass is 139 g/mol. The van der Waals surface area contributed by atoms with Crippen LogP contribution in [0, 0.1) is 0 Å². The van der Waals surface area contributed by atoms with Gasteiger partial charge in [-0.15, -0.1) is 10.2 Å². The Hall–Kier alpha value is -1.62. The Morgan fingerprint density at radius 3 is 3.20 bits per heavy atom. The van der Waals surface area contributed by atoms with E-state index in [2.05, 4.69) is 30.7 Å². The predicted molar refractivity (Wildman–Crippen MR) is 31.9 cm³/mol. The summed E-state index contributed by atoms with van der Waals surface area (Å²) in [4.78, 5) is 2.57. The van der Waals surface area contributed by atoms with Crippen molar-refractivity contribution in [1.29, 1.82) is 0 Å². The van der Waals surface area contributed by atoms with E-state index in [1.54, 1.807) is 0 Å². The van der Waals surface area contributed by atoms with E-state index in [-0.39, 0.29) is 0 Å². The summed E-state index contributed by atoms with van der Waals surface area (Å²) in [6, 6.07) is 0. The molecular weight excluding hydrogens is 134 g/mol. The second-order valence-corrected chi connectivity index (χ2v) is 1.53. The van der Waals surface area contributed by atoms with Crippen molar-refractivity contribution in [3.05, 3.63) is 16.3 Å². The molecule has 0 aliphatic carbocycles. The highest BCUT2D eigenvalue weighted by Crippen LogP contribution is 1.85. The fourth-order valence-electron chi connectivity index (χ4n) is 0.483. The van der Waals surface area contributed by atoms with Gasteiger partial charge >= 0.3 is 0 Å². The molecule has 0 saturated heterocycles. The topological polar surface area (TPSA) is 103 Å². The summed E-state index contributed by atoms with van der Waals surface area (Å²) in [6.07, 6.45) is 0.528. The van der Waals surface area contributed by atoms with E-state index in [0.29, 0.717) is 18.8 Å². The number of rotatable bonds is 3. The molecule has 0 aromatic carbocycles. The van der Waals surface area contributed by atoms with Crippen molar-refractivity contribution in [2.75, 3.05) is 6.54 Å². The summed E-state index contributed by atoms with van der Waals surface area (Å²) in [5.41, 5.74) is 7.89. The number of hydrogen-bond donors (Lipinski definition) is 1. The van der Waals surface area contributed by atoms with Gasteiger partial charge in [-0.3, -0.25) is 0 Å². The molecule has 7 heteroatoms. The Bertz CT molecular complexity index is 219. The molecule has 0 bridgehead atoms. The van der Waals surface area contributed by atoms with Crippen LogP contribution in [0.4, 0.5) is 0 Å². The first-order chi connectivity index (χ1) is 4.93. The summed E-state index contributed by atoms with van der Waals surface area (Å²) in [5.74, 6) is 0.562. The molecule has 0 aliphatic rings. The highest BCUT2D eigenvalue weighted by molar-refractivity contribution is 4.76. The Balaban J connectivity index is 2.34. The Morgan fingerprint density at radius 1 is 1.70 bits per heavy atom. The standard InChI is InChI=1S/C3H5N7/c4-8-5-2-1-3-6-9-10-7-3/h1-2H2,(H,6,7,9,10). The minimum Gasteiger partial charge on any atom is -0.177 e. The lowest BCUT2D eigenvalue weighted by Crippen LogP contribution is -1.90. The maximum Gasteiger partial charge on any atom is 0.174 e. The maximum absolute atomic E-state index is 7.89. The van der Waals surface area contributed by atoms with Crippen molar-refractivity contribution in [1.82, 2.24) is 20.6 Å². The molecule has 0 saturated carbocycles. The average molecular weight is 139 g/mol. The second kappa shape index (κ2) is 3.41. The Morgan fingerprint density at radius 2 is 2.60 bits per heavy atom. The first-order valence-corrected chi connectivity index (χ1v) is 2.66. The SMILES string of the molecule is [N-]=[N+]=NCCc1nn[nH]n1. The number of aromatic amines is 1. The zero-order valence-corrected chi connectivity index (χ0v) is 5.10. The van der Waals surface area contributed by atoms with E-state index in [0.717, 1.165) is 0 Å². The summed E-state index contributed by atoms with van der Waals surface area (Å²) in [6.45, 7) is 0.371. The van der Waals surface area contributed by atoms with Crippen LogP contribution in [0.25, 0.3) is 10.4 Å². The Kier molecular flexibility index (Phi) is 2.22.